The van der Waals surface area contributed by atoms with Crippen LogP contribution in [0.3, 0.4) is 0 Å². The molecule has 2 N–H and O–H groups in total. The zero-order valence-corrected chi connectivity index (χ0v) is 8.89. The smallest absolute Gasteiger partial charge is 0.0977 e. The van der Waals surface area contributed by atoms with Crippen molar-refractivity contribution in [1.82, 2.24) is 20.0 Å². The van der Waals surface area contributed by atoms with Crippen molar-refractivity contribution in [2.45, 2.75) is 0 Å². The first kappa shape index (κ1) is 9.81. The first-order valence-electron chi connectivity index (χ1n) is 5.08. The fourth-order valence-electron chi connectivity index (χ4n) is 1.66. The van der Waals surface area contributed by atoms with E-state index in [2.05, 4.69) is 20.0 Å². The van der Waals surface area contributed by atoms with Gasteiger partial charge in [-0.1, -0.05) is 0 Å². The molecule has 4 nitrogen and oxygen atoms in total. The van der Waals surface area contributed by atoms with E-state index in [-0.39, 0.29) is 0 Å². The second kappa shape index (κ2) is 5.23. The van der Waals surface area contributed by atoms with Gasteiger partial charge in [0.1, 0.15) is 0 Å². The average molecular weight is 201 g/mol. The molecule has 13 heavy (non-hydrogen) atoms. The zero-order chi connectivity index (χ0) is 8.93. The van der Waals surface area contributed by atoms with Crippen molar-refractivity contribution in [3.63, 3.8) is 0 Å². The highest BCUT2D eigenvalue weighted by Gasteiger charge is 2.16. The summed E-state index contributed by atoms with van der Waals surface area (Å²) >= 11 is 0. The molecule has 0 amide bonds. The van der Waals surface area contributed by atoms with Gasteiger partial charge in [-0.15, -0.1) is 0 Å². The minimum absolute atomic E-state index is 1.15. The van der Waals surface area contributed by atoms with Crippen molar-refractivity contribution >= 4 is 8.88 Å². The van der Waals surface area contributed by atoms with Crippen LogP contribution in [0.5, 0.6) is 0 Å². The molecule has 2 saturated heterocycles. The zero-order valence-electron chi connectivity index (χ0n) is 8.00. The van der Waals surface area contributed by atoms with Crippen LogP contribution in [-0.2, 0) is 0 Å². The summed E-state index contributed by atoms with van der Waals surface area (Å²) in [5.74, 6) is 0. The van der Waals surface area contributed by atoms with Crippen LogP contribution >= 0.6 is 8.88 Å². The van der Waals surface area contributed by atoms with E-state index in [4.69, 9.17) is 0 Å². The minimum Gasteiger partial charge on any atom is -0.314 e. The Bertz CT molecular complexity index is 127. The monoisotopic (exact) mass is 201 g/mol. The van der Waals surface area contributed by atoms with Crippen LogP contribution in [0.1, 0.15) is 0 Å². The molecule has 1 radical (unpaired) electrons. The van der Waals surface area contributed by atoms with Gasteiger partial charge in [0.15, 0.2) is 0 Å². The lowest BCUT2D eigenvalue weighted by molar-refractivity contribution is 0.336. The summed E-state index contributed by atoms with van der Waals surface area (Å²) in [4.78, 5) is 0. The van der Waals surface area contributed by atoms with E-state index in [1.165, 1.54) is 35.1 Å². The molecule has 2 heterocycles. The second-order valence-electron chi connectivity index (χ2n) is 3.50. The Morgan fingerprint density at radius 1 is 0.692 bits per heavy atom. The predicted molar refractivity (Wildman–Crippen MR) is 55.8 cm³/mol. The van der Waals surface area contributed by atoms with Gasteiger partial charge in [0.2, 0.25) is 0 Å². The maximum absolute atomic E-state index is 3.37. The van der Waals surface area contributed by atoms with Gasteiger partial charge < -0.3 is 10.6 Å². The van der Waals surface area contributed by atoms with Gasteiger partial charge in [0, 0.05) is 52.4 Å². The lowest BCUT2D eigenvalue weighted by atomic mass is 10.4. The van der Waals surface area contributed by atoms with Gasteiger partial charge in [0.05, 0.1) is 8.88 Å². The summed E-state index contributed by atoms with van der Waals surface area (Å²) in [5.41, 5.74) is 0. The predicted octanol–water partition coefficient (Wildman–Crippen LogP) is -0.427. The maximum atomic E-state index is 3.37. The number of nitrogens with one attached hydrogen (secondary N) is 2. The molecule has 0 saturated carbocycles. The molecule has 0 spiro atoms. The Balaban J connectivity index is 1.69. The summed E-state index contributed by atoms with van der Waals surface area (Å²) in [6.45, 7) is 9.41. The van der Waals surface area contributed by atoms with Crippen LogP contribution in [0.25, 0.3) is 0 Å². The van der Waals surface area contributed by atoms with Crippen molar-refractivity contribution in [2.75, 3.05) is 52.4 Å². The van der Waals surface area contributed by atoms with Crippen LogP contribution in [0.2, 0.25) is 0 Å². The second-order valence-corrected chi connectivity index (χ2v) is 4.81. The molecular formula is C8H18N4P. The summed E-state index contributed by atoms with van der Waals surface area (Å²) in [5, 5.41) is 6.75. The highest BCUT2D eigenvalue weighted by molar-refractivity contribution is 7.32. The Morgan fingerprint density at radius 3 is 1.46 bits per heavy atom. The molecule has 0 aliphatic carbocycles. The topological polar surface area (TPSA) is 30.5 Å². The third-order valence-electron chi connectivity index (χ3n) is 2.44. The lowest BCUT2D eigenvalue weighted by Gasteiger charge is -2.33. The summed E-state index contributed by atoms with van der Waals surface area (Å²) in [6.07, 6.45) is 0. The van der Waals surface area contributed by atoms with Crippen molar-refractivity contribution in [3.05, 3.63) is 0 Å². The van der Waals surface area contributed by atoms with Crippen LogP contribution in [0, 0.1) is 0 Å². The molecule has 0 unspecified atom stereocenters. The first-order chi connectivity index (χ1) is 6.45. The van der Waals surface area contributed by atoms with Crippen molar-refractivity contribution in [2.24, 2.45) is 0 Å². The molecule has 0 aromatic rings. The van der Waals surface area contributed by atoms with E-state index in [0.717, 1.165) is 26.2 Å². The normalized spacial score (nSPS) is 27.7. The van der Waals surface area contributed by atoms with Crippen LogP contribution < -0.4 is 10.6 Å². The van der Waals surface area contributed by atoms with Crippen molar-refractivity contribution in [3.8, 4) is 0 Å². The Labute approximate surface area is 81.9 Å². The maximum Gasteiger partial charge on any atom is 0.0977 e. The molecule has 5 heteroatoms. The van der Waals surface area contributed by atoms with Gasteiger partial charge in [-0.2, -0.15) is 0 Å². The molecule has 2 aliphatic heterocycles. The van der Waals surface area contributed by atoms with Crippen molar-refractivity contribution < 1.29 is 0 Å². The molecular weight excluding hydrogens is 183 g/mol. The largest absolute Gasteiger partial charge is 0.314 e. The molecule has 2 rings (SSSR count). The fourth-order valence-corrected chi connectivity index (χ4v) is 2.78. The highest BCUT2D eigenvalue weighted by atomic mass is 31.1. The van der Waals surface area contributed by atoms with E-state index >= 15 is 0 Å². The van der Waals surface area contributed by atoms with Crippen LogP contribution in [0.15, 0.2) is 0 Å². The Kier molecular flexibility index (Phi) is 3.94. The van der Waals surface area contributed by atoms with E-state index < -0.39 is 0 Å². The molecule has 75 valence electrons. The molecule has 0 bridgehead atoms. The molecule has 0 aromatic heterocycles. The van der Waals surface area contributed by atoms with Gasteiger partial charge in [-0.25, -0.2) is 0 Å². The first-order valence-corrected chi connectivity index (χ1v) is 5.88. The lowest BCUT2D eigenvalue weighted by Crippen LogP contribution is -2.44. The SMILES string of the molecule is C1CN([P]N2CCNCC2)CCN1. The van der Waals surface area contributed by atoms with Gasteiger partial charge in [0.25, 0.3) is 0 Å². The van der Waals surface area contributed by atoms with Gasteiger partial charge >= 0.3 is 0 Å². The Hall–Kier alpha value is 0.270. The number of hydrogen-bond acceptors (Lipinski definition) is 4. The van der Waals surface area contributed by atoms with Gasteiger partial charge in [-0.3, -0.25) is 9.34 Å². The van der Waals surface area contributed by atoms with E-state index in [0.29, 0.717) is 0 Å². The molecule has 2 fully saturated rings. The van der Waals surface area contributed by atoms with Crippen LogP contribution in [-0.4, -0.2) is 61.7 Å². The average Bonchev–Trinajstić information content (AvgIpc) is 2.21. The standard InChI is InChI=1S/C8H18N4P/c1-5-11(6-2-9-1)13-12-7-3-10-4-8-12/h9-10H,1-8H2. The number of hydrogen-bond donors (Lipinski definition) is 2. The summed E-state index contributed by atoms with van der Waals surface area (Å²) in [6, 6.07) is 0. The molecule has 2 aliphatic rings. The van der Waals surface area contributed by atoms with Crippen molar-refractivity contribution in [1.29, 1.82) is 0 Å². The number of rotatable bonds is 2. The fraction of sp³-hybridized carbons (Fsp3) is 1.00. The molecule has 0 aromatic carbocycles. The number of piperazine rings is 2. The molecule has 0 atom stereocenters. The summed E-state index contributed by atoms with van der Waals surface area (Å²) in [7, 11) is 1.42. The van der Waals surface area contributed by atoms with E-state index in [9.17, 15) is 0 Å². The third-order valence-corrected chi connectivity index (χ3v) is 3.75. The van der Waals surface area contributed by atoms with E-state index in [1.54, 1.807) is 0 Å². The third kappa shape index (κ3) is 3.15. The minimum atomic E-state index is 1.15. The number of nitrogens with zero attached hydrogens (tertiary/aromatic N) is 2. The quantitative estimate of drug-likeness (QED) is 0.594. The van der Waals surface area contributed by atoms with Crippen LogP contribution in [0.4, 0.5) is 0 Å². The van der Waals surface area contributed by atoms with E-state index in [1.807, 2.05) is 0 Å². The van der Waals surface area contributed by atoms with Gasteiger partial charge in [-0.05, 0) is 0 Å². The summed E-state index contributed by atoms with van der Waals surface area (Å²) < 4.78 is 5.03. The highest BCUT2D eigenvalue weighted by Crippen LogP contribution is 2.23. The Morgan fingerprint density at radius 2 is 1.08 bits per heavy atom.